The van der Waals surface area contributed by atoms with Crippen molar-refractivity contribution in [2.45, 2.75) is 26.8 Å². The lowest BCUT2D eigenvalue weighted by molar-refractivity contribution is 0.0948. The lowest BCUT2D eigenvalue weighted by atomic mass is 10.1. The average Bonchev–Trinajstić information content (AvgIpc) is 2.85. The minimum Gasteiger partial charge on any atom is -0.352 e. The Balaban J connectivity index is 1.39. The van der Waals surface area contributed by atoms with Gasteiger partial charge in [0.2, 0.25) is 0 Å². The van der Waals surface area contributed by atoms with E-state index in [1.165, 1.54) is 0 Å². The van der Waals surface area contributed by atoms with Gasteiger partial charge in [-0.1, -0.05) is 37.3 Å². The molecule has 0 unspecified atom stereocenters. The summed E-state index contributed by atoms with van der Waals surface area (Å²) in [7, 11) is 0. The molecule has 7 heteroatoms. The monoisotopic (exact) mass is 447 g/mol. The molecule has 0 atom stereocenters. The molecule has 1 N–H and O–H groups in total. The number of benzene rings is 2. The van der Waals surface area contributed by atoms with Crippen LogP contribution in [0.3, 0.4) is 0 Å². The number of nitrogens with one attached hydrogen (secondary N) is 1. The zero-order valence-corrected chi connectivity index (χ0v) is 19.6. The van der Waals surface area contributed by atoms with E-state index >= 15 is 0 Å². The molecular formula is C26H33N5O2. The van der Waals surface area contributed by atoms with E-state index in [2.05, 4.69) is 27.0 Å². The molecule has 0 radical (unpaired) electrons. The Bertz CT molecular complexity index is 1150. The number of fused-ring (bicyclic) bond motifs is 1. The molecule has 33 heavy (non-hydrogen) atoms. The van der Waals surface area contributed by atoms with Crippen molar-refractivity contribution in [3.05, 3.63) is 75.7 Å². The average molecular weight is 448 g/mol. The molecule has 1 saturated heterocycles. The van der Waals surface area contributed by atoms with E-state index in [1.54, 1.807) is 23.6 Å². The van der Waals surface area contributed by atoms with Crippen LogP contribution in [0.5, 0.6) is 0 Å². The molecule has 7 nitrogen and oxygen atoms in total. The van der Waals surface area contributed by atoms with Gasteiger partial charge in [0, 0.05) is 38.3 Å². The molecule has 1 aromatic heterocycles. The fraction of sp³-hybridized carbons (Fsp3) is 0.423. The Hall–Kier alpha value is -3.03. The summed E-state index contributed by atoms with van der Waals surface area (Å²) in [6.07, 6.45) is 0.930. The number of aryl methyl sites for hydroxylation is 1. The number of likely N-dealkylation sites (N-methyl/N-ethyl adjacent to an activating group) is 1. The minimum atomic E-state index is -0.108. The van der Waals surface area contributed by atoms with Gasteiger partial charge in [-0.3, -0.25) is 9.59 Å². The van der Waals surface area contributed by atoms with Crippen molar-refractivity contribution in [3.8, 4) is 0 Å². The SMILES string of the molecule is CCN1CCN(CCCNC(=O)c2ccc3c(c2)nc(C)c(=O)n3Cc2ccccc2)CC1. The molecule has 4 rings (SSSR count). The lowest BCUT2D eigenvalue weighted by Crippen LogP contribution is -2.46. The van der Waals surface area contributed by atoms with Crippen LogP contribution in [0.1, 0.15) is 35.0 Å². The van der Waals surface area contributed by atoms with Crippen molar-refractivity contribution in [1.29, 1.82) is 0 Å². The highest BCUT2D eigenvalue weighted by molar-refractivity contribution is 5.97. The Morgan fingerprint density at radius 3 is 2.48 bits per heavy atom. The van der Waals surface area contributed by atoms with Crippen LogP contribution < -0.4 is 10.9 Å². The quantitative estimate of drug-likeness (QED) is 0.538. The summed E-state index contributed by atoms with van der Waals surface area (Å²) in [5.41, 5.74) is 3.32. The van der Waals surface area contributed by atoms with Crippen LogP contribution in [0.15, 0.2) is 53.3 Å². The maximum absolute atomic E-state index is 12.8. The second-order valence-corrected chi connectivity index (χ2v) is 8.66. The predicted octanol–water partition coefficient (Wildman–Crippen LogP) is 2.51. The van der Waals surface area contributed by atoms with E-state index in [9.17, 15) is 9.59 Å². The van der Waals surface area contributed by atoms with Gasteiger partial charge in [-0.05, 0) is 50.2 Å². The number of carbonyl (C=O) groups is 1. The summed E-state index contributed by atoms with van der Waals surface area (Å²) < 4.78 is 1.73. The molecule has 1 fully saturated rings. The summed E-state index contributed by atoms with van der Waals surface area (Å²) in [6, 6.07) is 15.3. The summed E-state index contributed by atoms with van der Waals surface area (Å²) in [5, 5.41) is 3.03. The molecule has 2 aromatic carbocycles. The molecular weight excluding hydrogens is 414 g/mol. The molecule has 1 amide bonds. The van der Waals surface area contributed by atoms with Gasteiger partial charge in [-0.15, -0.1) is 0 Å². The van der Waals surface area contributed by atoms with Gasteiger partial charge < -0.3 is 19.7 Å². The van der Waals surface area contributed by atoms with E-state index in [4.69, 9.17) is 0 Å². The van der Waals surface area contributed by atoms with Crippen LogP contribution in [-0.4, -0.2) is 71.1 Å². The van der Waals surface area contributed by atoms with Gasteiger partial charge in [-0.25, -0.2) is 4.98 Å². The van der Waals surface area contributed by atoms with E-state index in [1.807, 2.05) is 36.4 Å². The fourth-order valence-corrected chi connectivity index (χ4v) is 4.37. The predicted molar refractivity (Wildman–Crippen MR) is 132 cm³/mol. The zero-order valence-electron chi connectivity index (χ0n) is 19.6. The first kappa shape index (κ1) is 23.1. The Morgan fingerprint density at radius 2 is 1.76 bits per heavy atom. The largest absolute Gasteiger partial charge is 0.352 e. The third-order valence-electron chi connectivity index (χ3n) is 6.40. The number of amides is 1. The maximum atomic E-state index is 12.8. The van der Waals surface area contributed by atoms with Crippen molar-refractivity contribution in [2.24, 2.45) is 0 Å². The smallest absolute Gasteiger partial charge is 0.272 e. The van der Waals surface area contributed by atoms with Gasteiger partial charge in [0.15, 0.2) is 0 Å². The number of rotatable bonds is 8. The number of hydrogen-bond acceptors (Lipinski definition) is 5. The topological polar surface area (TPSA) is 70.5 Å². The molecule has 0 bridgehead atoms. The highest BCUT2D eigenvalue weighted by Crippen LogP contribution is 2.15. The summed E-state index contributed by atoms with van der Waals surface area (Å²) in [4.78, 5) is 34.9. The van der Waals surface area contributed by atoms with Gasteiger partial charge in [-0.2, -0.15) is 0 Å². The fourth-order valence-electron chi connectivity index (χ4n) is 4.37. The third-order valence-corrected chi connectivity index (χ3v) is 6.40. The summed E-state index contributed by atoms with van der Waals surface area (Å²) in [6.45, 7) is 11.6. The Morgan fingerprint density at radius 1 is 1.03 bits per heavy atom. The van der Waals surface area contributed by atoms with Crippen LogP contribution in [0, 0.1) is 6.92 Å². The van der Waals surface area contributed by atoms with Gasteiger partial charge in [0.25, 0.3) is 11.5 Å². The molecule has 2 heterocycles. The first-order valence-electron chi connectivity index (χ1n) is 11.8. The standard InChI is InChI=1S/C26H33N5O2/c1-3-29-14-16-30(17-15-29)13-7-12-27-25(32)22-10-11-24-23(18-22)28-20(2)26(33)31(24)19-21-8-5-4-6-9-21/h4-6,8-11,18H,3,7,12-17,19H2,1-2H3,(H,27,32). The molecule has 0 spiro atoms. The number of aromatic nitrogens is 2. The van der Waals surface area contributed by atoms with Crippen molar-refractivity contribution in [1.82, 2.24) is 24.7 Å². The summed E-state index contributed by atoms with van der Waals surface area (Å²) >= 11 is 0. The Labute approximate surface area is 195 Å². The van der Waals surface area contributed by atoms with Gasteiger partial charge >= 0.3 is 0 Å². The molecule has 1 aliphatic rings. The van der Waals surface area contributed by atoms with Crippen LogP contribution in [0.2, 0.25) is 0 Å². The minimum absolute atomic E-state index is 0.104. The normalized spacial score (nSPS) is 15.1. The van der Waals surface area contributed by atoms with E-state index in [-0.39, 0.29) is 11.5 Å². The van der Waals surface area contributed by atoms with E-state index < -0.39 is 0 Å². The third kappa shape index (κ3) is 5.67. The van der Waals surface area contributed by atoms with Crippen molar-refractivity contribution in [2.75, 3.05) is 45.8 Å². The van der Waals surface area contributed by atoms with Gasteiger partial charge in [0.1, 0.15) is 5.69 Å². The molecule has 1 aliphatic heterocycles. The number of nitrogens with zero attached hydrogens (tertiary/aromatic N) is 4. The second kappa shape index (κ2) is 10.7. The number of hydrogen-bond donors (Lipinski definition) is 1. The maximum Gasteiger partial charge on any atom is 0.272 e. The summed E-state index contributed by atoms with van der Waals surface area (Å²) in [5.74, 6) is -0.104. The Kier molecular flexibility index (Phi) is 7.52. The first-order chi connectivity index (χ1) is 16.0. The molecule has 3 aromatic rings. The van der Waals surface area contributed by atoms with Crippen molar-refractivity contribution in [3.63, 3.8) is 0 Å². The number of carbonyl (C=O) groups excluding carboxylic acids is 1. The van der Waals surface area contributed by atoms with Crippen LogP contribution in [-0.2, 0) is 6.54 Å². The van der Waals surface area contributed by atoms with Gasteiger partial charge in [0.05, 0.1) is 17.6 Å². The molecule has 0 saturated carbocycles. The van der Waals surface area contributed by atoms with E-state index in [0.717, 1.165) is 56.8 Å². The van der Waals surface area contributed by atoms with Crippen molar-refractivity contribution < 1.29 is 4.79 Å². The molecule has 174 valence electrons. The second-order valence-electron chi connectivity index (χ2n) is 8.66. The zero-order chi connectivity index (χ0) is 23.2. The number of piperazine rings is 1. The first-order valence-corrected chi connectivity index (χ1v) is 11.8. The highest BCUT2D eigenvalue weighted by Gasteiger charge is 2.15. The van der Waals surface area contributed by atoms with Crippen LogP contribution in [0.25, 0.3) is 11.0 Å². The van der Waals surface area contributed by atoms with Crippen LogP contribution in [0.4, 0.5) is 0 Å². The highest BCUT2D eigenvalue weighted by atomic mass is 16.1. The van der Waals surface area contributed by atoms with Crippen LogP contribution >= 0.6 is 0 Å². The lowest BCUT2D eigenvalue weighted by Gasteiger charge is -2.33. The van der Waals surface area contributed by atoms with E-state index in [0.29, 0.717) is 29.9 Å². The van der Waals surface area contributed by atoms with Crippen molar-refractivity contribution >= 4 is 16.9 Å². The molecule has 0 aliphatic carbocycles.